The van der Waals surface area contributed by atoms with Gasteiger partial charge in [-0.2, -0.15) is 5.10 Å². The predicted molar refractivity (Wildman–Crippen MR) is 141 cm³/mol. The highest BCUT2D eigenvalue weighted by Gasteiger charge is 2.07. The Balaban J connectivity index is 0.00000289. The number of nitrogens with one attached hydrogen (secondary N) is 4. The molecule has 0 radical (unpaired) electrons. The molecule has 0 fully saturated rings. The van der Waals surface area contributed by atoms with E-state index in [1.807, 2.05) is 7.05 Å². The fourth-order valence-electron chi connectivity index (χ4n) is 3.60. The van der Waals surface area contributed by atoms with E-state index in [0.29, 0.717) is 19.6 Å². The second kappa shape index (κ2) is 11.1. The van der Waals surface area contributed by atoms with Crippen LogP contribution in [0, 0.1) is 6.92 Å². The second-order valence-electron chi connectivity index (χ2n) is 7.45. The van der Waals surface area contributed by atoms with Gasteiger partial charge in [-0.15, -0.1) is 24.0 Å². The Hall–Kier alpha value is -2.89. The first-order valence-electron chi connectivity index (χ1n) is 10.6. The monoisotopic (exact) mass is 547 g/mol. The minimum Gasteiger partial charge on any atom is -0.368 e. The molecule has 32 heavy (non-hydrogen) atoms. The van der Waals surface area contributed by atoms with Gasteiger partial charge in [0.05, 0.1) is 11.6 Å². The maximum absolute atomic E-state index is 4.72. The average Bonchev–Trinajstić information content (AvgIpc) is 3.35. The van der Waals surface area contributed by atoms with E-state index in [9.17, 15) is 0 Å². The highest BCUT2D eigenvalue weighted by Crippen LogP contribution is 2.20. The van der Waals surface area contributed by atoms with E-state index in [2.05, 4.69) is 74.2 Å². The lowest BCUT2D eigenvalue weighted by Gasteiger charge is -2.12. The van der Waals surface area contributed by atoms with Gasteiger partial charge in [0.15, 0.2) is 11.6 Å². The maximum atomic E-state index is 4.72. The molecule has 170 valence electrons. The third kappa shape index (κ3) is 5.47. The molecule has 10 heteroatoms. The summed E-state index contributed by atoms with van der Waals surface area (Å²) in [5, 5.41) is 16.5. The van der Waals surface area contributed by atoms with E-state index < -0.39 is 0 Å². The summed E-state index contributed by atoms with van der Waals surface area (Å²) < 4.78 is 1.74. The number of halogens is 1. The van der Waals surface area contributed by atoms with Crippen molar-refractivity contribution in [2.75, 3.05) is 31.5 Å². The molecule has 4 N–H and O–H groups in total. The molecule has 0 bridgehead atoms. The van der Waals surface area contributed by atoms with Crippen LogP contribution in [0.1, 0.15) is 18.1 Å². The molecular formula is C22H30IN9. The quantitative estimate of drug-likeness (QED) is 0.117. The molecule has 0 aliphatic rings. The normalized spacial score (nSPS) is 11.5. The van der Waals surface area contributed by atoms with Gasteiger partial charge in [0.2, 0.25) is 0 Å². The van der Waals surface area contributed by atoms with Crippen molar-refractivity contribution in [1.29, 1.82) is 0 Å². The number of benzene rings is 1. The lowest BCUT2D eigenvalue weighted by molar-refractivity contribution is 0.785. The lowest BCUT2D eigenvalue weighted by Crippen LogP contribution is -2.39. The molecule has 3 aromatic heterocycles. The van der Waals surface area contributed by atoms with Crippen molar-refractivity contribution in [2.45, 2.75) is 20.3 Å². The molecule has 9 nitrogen and oxygen atoms in total. The predicted octanol–water partition coefficient (Wildman–Crippen LogP) is 2.98. The van der Waals surface area contributed by atoms with Gasteiger partial charge in [0, 0.05) is 50.3 Å². The first-order chi connectivity index (χ1) is 15.2. The number of aromatic nitrogens is 5. The number of H-pyrrole nitrogens is 1. The van der Waals surface area contributed by atoms with Crippen molar-refractivity contribution < 1.29 is 0 Å². The Morgan fingerprint density at radius 1 is 1.16 bits per heavy atom. The second-order valence-corrected chi connectivity index (χ2v) is 7.45. The average molecular weight is 547 g/mol. The molecule has 1 aromatic carbocycles. The van der Waals surface area contributed by atoms with Crippen LogP contribution in [0.2, 0.25) is 0 Å². The van der Waals surface area contributed by atoms with Gasteiger partial charge in [-0.1, -0.05) is 12.1 Å². The van der Waals surface area contributed by atoms with E-state index >= 15 is 0 Å². The Morgan fingerprint density at radius 3 is 2.88 bits per heavy atom. The first-order valence-corrected chi connectivity index (χ1v) is 10.6. The number of fused-ring (bicyclic) bond motifs is 2. The van der Waals surface area contributed by atoms with Gasteiger partial charge in [0.25, 0.3) is 0 Å². The SMILES string of the molecule is CCNC(=NCCc1c[nH]c2cc(C)ccc12)NCCNc1ncnc2c1cnn2C.I. The topological polar surface area (TPSA) is 108 Å². The Bertz CT molecular complexity index is 1190. The highest BCUT2D eigenvalue weighted by molar-refractivity contribution is 14.0. The van der Waals surface area contributed by atoms with Crippen LogP contribution in [0.5, 0.6) is 0 Å². The molecule has 0 atom stereocenters. The molecule has 0 unspecified atom stereocenters. The van der Waals surface area contributed by atoms with Crippen LogP contribution in [0.15, 0.2) is 41.9 Å². The summed E-state index contributed by atoms with van der Waals surface area (Å²) in [4.78, 5) is 16.7. The third-order valence-electron chi connectivity index (χ3n) is 5.16. The zero-order valence-corrected chi connectivity index (χ0v) is 21.0. The zero-order chi connectivity index (χ0) is 21.6. The minimum atomic E-state index is 0. The molecule has 0 saturated carbocycles. The Morgan fingerprint density at radius 2 is 2.03 bits per heavy atom. The maximum Gasteiger partial charge on any atom is 0.191 e. The third-order valence-corrected chi connectivity index (χ3v) is 5.16. The molecule has 3 heterocycles. The van der Waals surface area contributed by atoms with Crippen LogP contribution in [-0.2, 0) is 13.5 Å². The zero-order valence-electron chi connectivity index (χ0n) is 18.6. The van der Waals surface area contributed by atoms with E-state index in [4.69, 9.17) is 4.99 Å². The Labute approximate surface area is 204 Å². The number of anilines is 1. The number of hydrogen-bond donors (Lipinski definition) is 4. The summed E-state index contributed by atoms with van der Waals surface area (Å²) >= 11 is 0. The molecule has 0 spiro atoms. The number of aliphatic imine (C=N–C) groups is 1. The minimum absolute atomic E-state index is 0. The molecule has 4 aromatic rings. The Kier molecular flexibility index (Phi) is 8.26. The van der Waals surface area contributed by atoms with Gasteiger partial charge < -0.3 is 20.9 Å². The number of rotatable bonds is 8. The van der Waals surface area contributed by atoms with E-state index in [1.54, 1.807) is 17.2 Å². The summed E-state index contributed by atoms with van der Waals surface area (Å²) in [6.45, 7) is 7.12. The van der Waals surface area contributed by atoms with Crippen LogP contribution in [0.25, 0.3) is 21.9 Å². The van der Waals surface area contributed by atoms with Gasteiger partial charge in [-0.25, -0.2) is 9.97 Å². The van der Waals surface area contributed by atoms with Crippen molar-refractivity contribution >= 4 is 57.7 Å². The van der Waals surface area contributed by atoms with Gasteiger partial charge in [-0.3, -0.25) is 9.67 Å². The number of guanidine groups is 1. The van der Waals surface area contributed by atoms with Crippen LogP contribution in [-0.4, -0.2) is 56.9 Å². The fraction of sp³-hybridized carbons (Fsp3) is 0.364. The van der Waals surface area contributed by atoms with Crippen molar-refractivity contribution in [3.05, 3.63) is 48.0 Å². The smallest absolute Gasteiger partial charge is 0.191 e. The number of nitrogens with zero attached hydrogens (tertiary/aromatic N) is 5. The standard InChI is InChI=1S/C22H29N9.HI/c1-4-23-22(25-8-7-16-12-27-19-11-15(2)5-6-17(16)19)26-10-9-24-20-18-13-30-31(3)21(18)29-14-28-20;/h5-6,11-14,27H,4,7-10H2,1-3H3,(H2,23,25,26)(H,24,28,29);1H. The highest BCUT2D eigenvalue weighted by atomic mass is 127. The van der Waals surface area contributed by atoms with Crippen molar-refractivity contribution in [3.63, 3.8) is 0 Å². The number of aromatic amines is 1. The molecule has 0 aliphatic carbocycles. The van der Waals surface area contributed by atoms with Crippen molar-refractivity contribution in [1.82, 2.24) is 35.4 Å². The van der Waals surface area contributed by atoms with E-state index in [0.717, 1.165) is 35.8 Å². The summed E-state index contributed by atoms with van der Waals surface area (Å²) in [6.07, 6.45) is 6.31. The largest absolute Gasteiger partial charge is 0.368 e. The molecule has 0 amide bonds. The first kappa shape index (κ1) is 23.8. The van der Waals surface area contributed by atoms with Crippen molar-refractivity contribution in [3.8, 4) is 0 Å². The lowest BCUT2D eigenvalue weighted by atomic mass is 10.1. The van der Waals surface area contributed by atoms with Crippen LogP contribution in [0.4, 0.5) is 5.82 Å². The summed E-state index contributed by atoms with van der Waals surface area (Å²) in [5.41, 5.74) is 4.55. The molecule has 4 rings (SSSR count). The van der Waals surface area contributed by atoms with Crippen molar-refractivity contribution in [2.24, 2.45) is 12.0 Å². The van der Waals surface area contributed by atoms with Crippen LogP contribution < -0.4 is 16.0 Å². The number of aryl methyl sites for hydroxylation is 2. The molecular weight excluding hydrogens is 517 g/mol. The fourth-order valence-corrected chi connectivity index (χ4v) is 3.60. The van der Waals surface area contributed by atoms with Gasteiger partial charge in [0.1, 0.15) is 12.1 Å². The molecule has 0 aliphatic heterocycles. The van der Waals surface area contributed by atoms with Crippen LogP contribution in [0.3, 0.4) is 0 Å². The summed E-state index contributed by atoms with van der Waals surface area (Å²) in [6, 6.07) is 6.51. The summed E-state index contributed by atoms with van der Waals surface area (Å²) in [7, 11) is 1.87. The number of hydrogen-bond acceptors (Lipinski definition) is 5. The van der Waals surface area contributed by atoms with E-state index in [1.165, 1.54) is 22.0 Å². The summed E-state index contributed by atoms with van der Waals surface area (Å²) in [5.74, 6) is 1.60. The van der Waals surface area contributed by atoms with E-state index in [-0.39, 0.29) is 24.0 Å². The van der Waals surface area contributed by atoms with Gasteiger partial charge >= 0.3 is 0 Å². The molecule has 0 saturated heterocycles. The van der Waals surface area contributed by atoms with Crippen LogP contribution >= 0.6 is 24.0 Å². The van der Waals surface area contributed by atoms with Gasteiger partial charge in [-0.05, 0) is 37.5 Å².